The van der Waals surface area contributed by atoms with Gasteiger partial charge in [0.15, 0.2) is 0 Å². The third-order valence-electron chi connectivity index (χ3n) is 2.62. The molecule has 98 valence electrons. The van der Waals surface area contributed by atoms with Gasteiger partial charge in [0.05, 0.1) is 5.69 Å². The summed E-state index contributed by atoms with van der Waals surface area (Å²) >= 11 is 1.40. The number of nitrogens with one attached hydrogen (secondary N) is 1. The van der Waals surface area contributed by atoms with E-state index in [1.807, 2.05) is 0 Å². The van der Waals surface area contributed by atoms with Crippen LogP contribution >= 0.6 is 11.8 Å². The average Bonchev–Trinajstić information content (AvgIpc) is 2.30. The Morgan fingerprint density at radius 1 is 1.61 bits per heavy atom. The monoisotopic (exact) mass is 270 g/mol. The minimum Gasteiger partial charge on any atom is -0.506 e. The zero-order valence-corrected chi connectivity index (χ0v) is 10.3. The normalized spacial score (nSPS) is 19.8. The highest BCUT2D eigenvalue weighted by Gasteiger charge is 2.21. The van der Waals surface area contributed by atoms with Gasteiger partial charge in [0, 0.05) is 10.6 Å². The van der Waals surface area contributed by atoms with Gasteiger partial charge in [0.25, 0.3) is 0 Å². The average molecular weight is 270 g/mol. The molecule has 6 N–H and O–H groups in total. The minimum absolute atomic E-state index is 0.00802. The maximum Gasteiger partial charge on any atom is 0.320 e. The number of aliphatic carboxylic acids is 1. The molecule has 2 atom stereocenters. The van der Waals surface area contributed by atoms with Gasteiger partial charge in [-0.3, -0.25) is 4.79 Å². The number of aliphatic hydroxyl groups is 1. The second-order valence-electron chi connectivity index (χ2n) is 4.11. The van der Waals surface area contributed by atoms with Crippen LogP contribution in [0.3, 0.4) is 0 Å². The molecule has 1 aliphatic rings. The maximum absolute atomic E-state index is 10.7. The smallest absolute Gasteiger partial charge is 0.320 e. The number of thioether (sulfide) groups is 1. The molecule has 6 nitrogen and oxygen atoms in total. The largest absolute Gasteiger partial charge is 0.506 e. The van der Waals surface area contributed by atoms with E-state index in [2.05, 4.69) is 5.32 Å². The van der Waals surface area contributed by atoms with Gasteiger partial charge in [-0.25, -0.2) is 0 Å². The number of carboxylic acid groups (broad SMARTS) is 1. The van der Waals surface area contributed by atoms with Crippen molar-refractivity contribution in [2.75, 3.05) is 11.1 Å². The number of benzene rings is 1. The first-order valence-electron chi connectivity index (χ1n) is 5.39. The van der Waals surface area contributed by atoms with Crippen LogP contribution in [0.25, 0.3) is 0 Å². The molecule has 0 saturated heterocycles. The Morgan fingerprint density at radius 2 is 2.33 bits per heavy atom. The molecule has 0 saturated carbocycles. The van der Waals surface area contributed by atoms with Crippen molar-refractivity contribution in [2.24, 2.45) is 5.73 Å². The topological polar surface area (TPSA) is 116 Å². The Kier molecular flexibility index (Phi) is 3.65. The quantitative estimate of drug-likeness (QED) is 0.498. The Balaban J connectivity index is 2.25. The van der Waals surface area contributed by atoms with E-state index in [-0.39, 0.29) is 12.2 Å². The second-order valence-corrected chi connectivity index (χ2v) is 5.17. The lowest BCUT2D eigenvalue weighted by Gasteiger charge is -2.24. The summed E-state index contributed by atoms with van der Waals surface area (Å²) < 4.78 is 0. The summed E-state index contributed by atoms with van der Waals surface area (Å²) in [6.07, 6.45) is -0.542. The van der Waals surface area contributed by atoms with Gasteiger partial charge in [0.1, 0.15) is 18.0 Å². The van der Waals surface area contributed by atoms with Crippen LogP contribution in [0.2, 0.25) is 0 Å². The van der Waals surface area contributed by atoms with Crippen molar-refractivity contribution >= 4 is 23.4 Å². The lowest BCUT2D eigenvalue weighted by atomic mass is 10.1. The van der Waals surface area contributed by atoms with Crippen molar-refractivity contribution in [3.63, 3.8) is 0 Å². The van der Waals surface area contributed by atoms with Crippen LogP contribution in [-0.2, 0) is 11.2 Å². The number of carbonyl (C=O) groups is 1. The third kappa shape index (κ3) is 2.69. The van der Waals surface area contributed by atoms with Crippen molar-refractivity contribution < 1.29 is 20.1 Å². The number of anilines is 1. The SMILES string of the molecule is NC(Cc1cc(O)c2c(c1)SCC(O)N2)C(=O)O. The van der Waals surface area contributed by atoms with E-state index in [1.54, 1.807) is 6.07 Å². The standard InChI is InChI=1S/C11H14N2O4S/c12-6(11(16)17)1-5-2-7(14)10-8(3-5)18-4-9(15)13-10/h2-3,6,9,13-15H,1,4,12H2,(H,16,17). The first-order valence-corrected chi connectivity index (χ1v) is 6.37. The fourth-order valence-electron chi connectivity index (χ4n) is 1.75. The number of nitrogens with two attached hydrogens (primary N) is 1. The number of fused-ring (bicyclic) bond motifs is 1. The number of hydrogen-bond donors (Lipinski definition) is 5. The molecule has 1 aromatic carbocycles. The Labute approximate surface area is 108 Å². The minimum atomic E-state index is -1.08. The molecule has 0 spiro atoms. The summed E-state index contributed by atoms with van der Waals surface area (Å²) in [6, 6.07) is 2.25. The summed E-state index contributed by atoms with van der Waals surface area (Å²) in [7, 11) is 0. The summed E-state index contributed by atoms with van der Waals surface area (Å²) in [5, 5.41) is 30.8. The molecule has 0 aliphatic carbocycles. The van der Waals surface area contributed by atoms with Crippen LogP contribution in [-0.4, -0.2) is 39.3 Å². The number of carboxylic acids is 1. The van der Waals surface area contributed by atoms with Gasteiger partial charge < -0.3 is 26.4 Å². The van der Waals surface area contributed by atoms with E-state index >= 15 is 0 Å². The molecule has 18 heavy (non-hydrogen) atoms. The molecule has 7 heteroatoms. The molecular formula is C11H14N2O4S. The van der Waals surface area contributed by atoms with Crippen molar-refractivity contribution in [3.05, 3.63) is 17.7 Å². The van der Waals surface area contributed by atoms with E-state index in [1.165, 1.54) is 17.8 Å². The molecule has 0 amide bonds. The molecule has 0 radical (unpaired) electrons. The lowest BCUT2D eigenvalue weighted by Crippen LogP contribution is -2.32. The predicted octanol–water partition coefficient (Wildman–Crippen LogP) is 0.183. The van der Waals surface area contributed by atoms with E-state index in [9.17, 15) is 15.0 Å². The highest BCUT2D eigenvalue weighted by molar-refractivity contribution is 7.99. The van der Waals surface area contributed by atoms with E-state index in [0.29, 0.717) is 17.0 Å². The Bertz CT molecular complexity index is 480. The van der Waals surface area contributed by atoms with Gasteiger partial charge in [-0.05, 0) is 24.1 Å². The fourth-order valence-corrected chi connectivity index (χ4v) is 2.71. The van der Waals surface area contributed by atoms with Crippen molar-refractivity contribution in [3.8, 4) is 5.75 Å². The van der Waals surface area contributed by atoms with Crippen LogP contribution < -0.4 is 11.1 Å². The van der Waals surface area contributed by atoms with Crippen molar-refractivity contribution in [1.82, 2.24) is 0 Å². The van der Waals surface area contributed by atoms with Gasteiger partial charge in [-0.15, -0.1) is 11.8 Å². The van der Waals surface area contributed by atoms with Crippen LogP contribution in [0.4, 0.5) is 5.69 Å². The molecule has 2 unspecified atom stereocenters. The lowest BCUT2D eigenvalue weighted by molar-refractivity contribution is -0.138. The molecule has 1 aliphatic heterocycles. The molecular weight excluding hydrogens is 256 g/mol. The van der Waals surface area contributed by atoms with Crippen molar-refractivity contribution in [2.45, 2.75) is 23.6 Å². The number of rotatable bonds is 3. The molecule has 0 aromatic heterocycles. The van der Waals surface area contributed by atoms with Gasteiger partial charge in [0.2, 0.25) is 0 Å². The summed E-state index contributed by atoms with van der Waals surface area (Å²) in [5.74, 6) is -0.610. The number of aliphatic hydroxyl groups excluding tert-OH is 1. The fraction of sp³-hybridized carbons (Fsp3) is 0.364. The van der Waals surface area contributed by atoms with Gasteiger partial charge in [-0.1, -0.05) is 0 Å². The van der Waals surface area contributed by atoms with E-state index in [4.69, 9.17) is 10.8 Å². The van der Waals surface area contributed by atoms with E-state index in [0.717, 1.165) is 4.90 Å². The molecule has 1 heterocycles. The number of phenols is 1. The molecule has 2 rings (SSSR count). The number of phenolic OH excluding ortho intramolecular Hbond substituents is 1. The first kappa shape index (κ1) is 13.0. The number of aromatic hydroxyl groups is 1. The Hall–Kier alpha value is -1.44. The first-order chi connectivity index (χ1) is 8.47. The van der Waals surface area contributed by atoms with E-state index < -0.39 is 18.2 Å². The second kappa shape index (κ2) is 5.05. The molecule has 1 aromatic rings. The van der Waals surface area contributed by atoms with Crippen LogP contribution in [0.15, 0.2) is 17.0 Å². The Morgan fingerprint density at radius 3 is 3.00 bits per heavy atom. The van der Waals surface area contributed by atoms with Crippen LogP contribution in [0.1, 0.15) is 5.56 Å². The summed E-state index contributed by atoms with van der Waals surface area (Å²) in [6.45, 7) is 0. The van der Waals surface area contributed by atoms with Gasteiger partial charge in [-0.2, -0.15) is 0 Å². The van der Waals surface area contributed by atoms with Crippen LogP contribution in [0.5, 0.6) is 5.75 Å². The zero-order valence-electron chi connectivity index (χ0n) is 9.46. The van der Waals surface area contributed by atoms with Crippen LogP contribution in [0, 0.1) is 0 Å². The molecule has 0 fully saturated rings. The summed E-state index contributed by atoms with van der Waals surface area (Å²) in [4.78, 5) is 11.5. The van der Waals surface area contributed by atoms with Crippen molar-refractivity contribution in [1.29, 1.82) is 0 Å². The highest BCUT2D eigenvalue weighted by atomic mass is 32.2. The predicted molar refractivity (Wildman–Crippen MR) is 67.8 cm³/mol. The van der Waals surface area contributed by atoms with Gasteiger partial charge >= 0.3 is 5.97 Å². The molecule has 0 bridgehead atoms. The maximum atomic E-state index is 10.7. The third-order valence-corrected chi connectivity index (χ3v) is 3.74. The highest BCUT2D eigenvalue weighted by Crippen LogP contribution is 2.40. The summed E-state index contributed by atoms with van der Waals surface area (Å²) in [5.41, 5.74) is 6.59. The zero-order chi connectivity index (χ0) is 13.3. The number of hydrogen-bond acceptors (Lipinski definition) is 6.